The molecule has 1 aliphatic heterocycles. The van der Waals surface area contributed by atoms with Crippen LogP contribution in [-0.4, -0.2) is 38.7 Å². The molecule has 2 N–H and O–H groups in total. The number of amides is 1. The summed E-state index contributed by atoms with van der Waals surface area (Å²) in [5.41, 5.74) is 6.69. The highest BCUT2D eigenvalue weighted by molar-refractivity contribution is 6.30. The van der Waals surface area contributed by atoms with Crippen LogP contribution >= 0.6 is 11.6 Å². The summed E-state index contributed by atoms with van der Waals surface area (Å²) in [5, 5.41) is 5.02. The van der Waals surface area contributed by atoms with E-state index in [1.807, 2.05) is 35.2 Å². The van der Waals surface area contributed by atoms with Gasteiger partial charge in [-0.2, -0.15) is 10.1 Å². The molecule has 7 heteroatoms. The van der Waals surface area contributed by atoms with Crippen molar-refractivity contribution >= 4 is 29.5 Å². The number of nitrogens with two attached hydrogens (primary N) is 1. The second kappa shape index (κ2) is 7.05. The summed E-state index contributed by atoms with van der Waals surface area (Å²) in [5.74, 6) is 1.49. The lowest BCUT2D eigenvalue weighted by atomic mass is 9.96. The molecule has 1 fully saturated rings. The molecule has 0 bridgehead atoms. The Morgan fingerprint density at radius 1 is 1.29 bits per heavy atom. The zero-order valence-corrected chi connectivity index (χ0v) is 14.3. The molecule has 1 aromatic heterocycles. The highest BCUT2D eigenvalue weighted by Gasteiger charge is 2.25. The SMILES string of the molecule is Cn1nc(C2CCN(C(=O)/C=C/c3ccc(Cl)cc3)CC2)nc1N. The Hall–Kier alpha value is -2.34. The first kappa shape index (κ1) is 16.5. The van der Waals surface area contributed by atoms with Gasteiger partial charge in [-0.25, -0.2) is 4.68 Å². The van der Waals surface area contributed by atoms with Crippen LogP contribution in [0.3, 0.4) is 0 Å². The highest BCUT2D eigenvalue weighted by atomic mass is 35.5. The van der Waals surface area contributed by atoms with Crippen LogP contribution in [0.1, 0.15) is 30.1 Å². The van der Waals surface area contributed by atoms with Crippen LogP contribution in [0, 0.1) is 0 Å². The predicted molar refractivity (Wildman–Crippen MR) is 94.5 cm³/mol. The molecule has 0 radical (unpaired) electrons. The minimum absolute atomic E-state index is 0.0249. The summed E-state index contributed by atoms with van der Waals surface area (Å²) in [6, 6.07) is 7.39. The number of hydrogen-bond acceptors (Lipinski definition) is 4. The van der Waals surface area contributed by atoms with E-state index in [1.165, 1.54) is 0 Å². The average Bonchev–Trinajstić information content (AvgIpc) is 2.93. The number of anilines is 1. The fourth-order valence-electron chi connectivity index (χ4n) is 2.79. The van der Waals surface area contributed by atoms with Gasteiger partial charge >= 0.3 is 0 Å². The van der Waals surface area contributed by atoms with Gasteiger partial charge in [0.1, 0.15) is 0 Å². The van der Waals surface area contributed by atoms with Gasteiger partial charge in [0, 0.05) is 37.2 Å². The second-order valence-corrected chi connectivity index (χ2v) is 6.37. The Labute approximate surface area is 145 Å². The van der Waals surface area contributed by atoms with Gasteiger partial charge in [-0.05, 0) is 36.6 Å². The fourth-order valence-corrected chi connectivity index (χ4v) is 2.92. The lowest BCUT2D eigenvalue weighted by Crippen LogP contribution is -2.37. The van der Waals surface area contributed by atoms with Crippen molar-refractivity contribution < 1.29 is 4.79 Å². The molecule has 2 aromatic rings. The zero-order chi connectivity index (χ0) is 17.1. The predicted octanol–water partition coefficient (Wildman–Crippen LogP) is 2.47. The number of carbonyl (C=O) groups excluding carboxylic acids is 1. The molecule has 1 aliphatic rings. The summed E-state index contributed by atoms with van der Waals surface area (Å²) in [6.07, 6.45) is 5.13. The van der Waals surface area contributed by atoms with Gasteiger partial charge < -0.3 is 10.6 Å². The molecule has 1 aromatic carbocycles. The monoisotopic (exact) mass is 345 g/mol. The number of aryl methyl sites for hydroxylation is 1. The summed E-state index contributed by atoms with van der Waals surface area (Å²) in [7, 11) is 1.78. The zero-order valence-electron chi connectivity index (χ0n) is 13.5. The molecule has 1 saturated heterocycles. The Kier molecular flexibility index (Phi) is 4.85. The van der Waals surface area contributed by atoms with Crippen LogP contribution in [0.15, 0.2) is 30.3 Å². The maximum atomic E-state index is 12.3. The van der Waals surface area contributed by atoms with Crippen molar-refractivity contribution in [3.8, 4) is 0 Å². The Morgan fingerprint density at radius 3 is 2.54 bits per heavy atom. The fraction of sp³-hybridized carbons (Fsp3) is 0.353. The second-order valence-electron chi connectivity index (χ2n) is 5.94. The molecule has 0 aliphatic carbocycles. The molecular formula is C17H20ClN5O. The van der Waals surface area contributed by atoms with E-state index < -0.39 is 0 Å². The molecule has 6 nitrogen and oxygen atoms in total. The van der Waals surface area contributed by atoms with Crippen molar-refractivity contribution in [2.75, 3.05) is 18.8 Å². The topological polar surface area (TPSA) is 77.0 Å². The average molecular weight is 346 g/mol. The van der Waals surface area contributed by atoms with E-state index in [0.29, 0.717) is 24.1 Å². The number of likely N-dealkylation sites (tertiary alicyclic amines) is 1. The number of nitrogens with zero attached hydrogens (tertiary/aromatic N) is 4. The maximum absolute atomic E-state index is 12.3. The van der Waals surface area contributed by atoms with Crippen molar-refractivity contribution in [1.29, 1.82) is 0 Å². The Morgan fingerprint density at radius 2 is 1.96 bits per heavy atom. The van der Waals surface area contributed by atoms with Crippen LogP contribution in [0.5, 0.6) is 0 Å². The van der Waals surface area contributed by atoms with Crippen molar-refractivity contribution in [3.63, 3.8) is 0 Å². The third-order valence-corrected chi connectivity index (χ3v) is 4.53. The van der Waals surface area contributed by atoms with Crippen molar-refractivity contribution in [2.45, 2.75) is 18.8 Å². The maximum Gasteiger partial charge on any atom is 0.246 e. The number of benzene rings is 1. The van der Waals surface area contributed by atoms with Crippen molar-refractivity contribution in [2.24, 2.45) is 7.05 Å². The number of aromatic nitrogens is 3. The minimum Gasteiger partial charge on any atom is -0.368 e. The normalized spacial score (nSPS) is 16.0. The number of carbonyl (C=O) groups is 1. The van der Waals surface area contributed by atoms with Crippen LogP contribution in [0.25, 0.3) is 6.08 Å². The third-order valence-electron chi connectivity index (χ3n) is 4.27. The molecule has 24 heavy (non-hydrogen) atoms. The van der Waals surface area contributed by atoms with E-state index in [1.54, 1.807) is 17.8 Å². The van der Waals surface area contributed by atoms with E-state index in [2.05, 4.69) is 10.1 Å². The first-order valence-corrected chi connectivity index (χ1v) is 8.29. The summed E-state index contributed by atoms with van der Waals surface area (Å²) < 4.78 is 1.59. The van der Waals surface area contributed by atoms with E-state index in [0.717, 1.165) is 24.2 Å². The summed E-state index contributed by atoms with van der Waals surface area (Å²) in [4.78, 5) is 18.4. The molecule has 2 heterocycles. The van der Waals surface area contributed by atoms with Gasteiger partial charge in [-0.15, -0.1) is 0 Å². The van der Waals surface area contributed by atoms with Gasteiger partial charge in [0.2, 0.25) is 11.9 Å². The number of rotatable bonds is 3. The van der Waals surface area contributed by atoms with Crippen LogP contribution in [-0.2, 0) is 11.8 Å². The number of halogens is 1. The van der Waals surface area contributed by atoms with E-state index in [4.69, 9.17) is 17.3 Å². The molecule has 0 unspecified atom stereocenters. The van der Waals surface area contributed by atoms with Gasteiger partial charge in [0.25, 0.3) is 0 Å². The number of piperidine rings is 1. The van der Waals surface area contributed by atoms with Crippen LogP contribution in [0.4, 0.5) is 5.95 Å². The quantitative estimate of drug-likeness (QED) is 0.867. The summed E-state index contributed by atoms with van der Waals surface area (Å²) >= 11 is 5.85. The molecule has 126 valence electrons. The standard InChI is InChI=1S/C17H20ClN5O/c1-22-17(19)20-16(21-22)13-8-10-23(11-9-13)15(24)7-4-12-2-5-14(18)6-3-12/h2-7,13H,8-11H2,1H3,(H2,19,20,21)/b7-4+. The van der Waals surface area contributed by atoms with Crippen LogP contribution < -0.4 is 5.73 Å². The number of nitrogen functional groups attached to an aromatic ring is 1. The molecule has 0 saturated carbocycles. The molecule has 0 atom stereocenters. The Bertz CT molecular complexity index is 725. The largest absolute Gasteiger partial charge is 0.368 e. The minimum atomic E-state index is 0.0249. The molecular weight excluding hydrogens is 326 g/mol. The smallest absolute Gasteiger partial charge is 0.246 e. The Balaban J connectivity index is 1.56. The van der Waals surface area contributed by atoms with E-state index in [-0.39, 0.29) is 11.8 Å². The van der Waals surface area contributed by atoms with Crippen LogP contribution in [0.2, 0.25) is 5.02 Å². The van der Waals surface area contributed by atoms with E-state index >= 15 is 0 Å². The molecule has 3 rings (SSSR count). The summed E-state index contributed by atoms with van der Waals surface area (Å²) in [6.45, 7) is 1.40. The third kappa shape index (κ3) is 3.76. The highest BCUT2D eigenvalue weighted by Crippen LogP contribution is 2.26. The van der Waals surface area contributed by atoms with Gasteiger partial charge in [0.05, 0.1) is 0 Å². The van der Waals surface area contributed by atoms with Gasteiger partial charge in [0.15, 0.2) is 5.82 Å². The van der Waals surface area contributed by atoms with Gasteiger partial charge in [-0.1, -0.05) is 23.7 Å². The van der Waals surface area contributed by atoms with Crippen molar-refractivity contribution in [3.05, 3.63) is 46.8 Å². The number of hydrogen-bond donors (Lipinski definition) is 1. The van der Waals surface area contributed by atoms with E-state index in [9.17, 15) is 4.79 Å². The van der Waals surface area contributed by atoms with Crippen molar-refractivity contribution in [1.82, 2.24) is 19.7 Å². The first-order chi connectivity index (χ1) is 11.5. The lowest BCUT2D eigenvalue weighted by molar-refractivity contribution is -0.127. The lowest BCUT2D eigenvalue weighted by Gasteiger charge is -2.30. The first-order valence-electron chi connectivity index (χ1n) is 7.92. The van der Waals surface area contributed by atoms with Gasteiger partial charge in [-0.3, -0.25) is 4.79 Å². The molecule has 1 amide bonds. The molecule has 0 spiro atoms.